The van der Waals surface area contributed by atoms with Crippen molar-refractivity contribution < 1.29 is 31.7 Å². The number of aromatic nitrogens is 2. The molecule has 0 aromatic carbocycles. The number of halogens is 5. The quantitative estimate of drug-likeness (QED) is 0.495. The molecular formula is C12H14F5N5O3. The Hall–Kier alpha value is -2.47. The third-order valence-electron chi connectivity index (χ3n) is 3.86. The van der Waals surface area contributed by atoms with E-state index in [2.05, 4.69) is 5.10 Å². The summed E-state index contributed by atoms with van der Waals surface area (Å²) in [5.74, 6) is -6.07. The van der Waals surface area contributed by atoms with Crippen LogP contribution in [0.1, 0.15) is 12.8 Å². The van der Waals surface area contributed by atoms with Crippen LogP contribution in [0.4, 0.5) is 33.5 Å². The molecule has 1 aromatic heterocycles. The summed E-state index contributed by atoms with van der Waals surface area (Å²) in [5.41, 5.74) is -0.399. The number of anilines is 1. The summed E-state index contributed by atoms with van der Waals surface area (Å²) in [6.45, 7) is -0.551. The molecule has 0 spiro atoms. The van der Waals surface area contributed by atoms with Gasteiger partial charge in [-0.05, 0) is 6.42 Å². The Labute approximate surface area is 137 Å². The summed E-state index contributed by atoms with van der Waals surface area (Å²) >= 11 is 0. The molecule has 1 amide bonds. The third-order valence-corrected chi connectivity index (χ3v) is 3.86. The molecule has 140 valence electrons. The van der Waals surface area contributed by atoms with Crippen LogP contribution in [-0.2, 0) is 11.8 Å². The average Bonchev–Trinajstić information content (AvgIpc) is 2.79. The highest BCUT2D eigenvalue weighted by Crippen LogP contribution is 2.34. The molecule has 1 aromatic rings. The summed E-state index contributed by atoms with van der Waals surface area (Å²) < 4.78 is 66.2. The van der Waals surface area contributed by atoms with Gasteiger partial charge in [0.25, 0.3) is 5.92 Å². The van der Waals surface area contributed by atoms with E-state index in [1.807, 2.05) is 0 Å². The lowest BCUT2D eigenvalue weighted by atomic mass is 10.1. The van der Waals surface area contributed by atoms with Gasteiger partial charge in [-0.1, -0.05) is 0 Å². The van der Waals surface area contributed by atoms with Crippen molar-refractivity contribution in [1.29, 1.82) is 0 Å². The maximum Gasteiger partial charge on any atom is 0.471 e. The van der Waals surface area contributed by atoms with Crippen LogP contribution >= 0.6 is 0 Å². The zero-order valence-electron chi connectivity index (χ0n) is 12.9. The van der Waals surface area contributed by atoms with Crippen LogP contribution in [0.2, 0.25) is 0 Å². The molecule has 0 saturated carbocycles. The van der Waals surface area contributed by atoms with Crippen molar-refractivity contribution >= 4 is 17.4 Å². The Morgan fingerprint density at radius 2 is 2.08 bits per heavy atom. The highest BCUT2D eigenvalue weighted by Gasteiger charge is 2.47. The Morgan fingerprint density at radius 3 is 2.64 bits per heavy atom. The first-order chi connectivity index (χ1) is 11.4. The molecule has 1 fully saturated rings. The van der Waals surface area contributed by atoms with Gasteiger partial charge in [0.1, 0.15) is 6.20 Å². The average molecular weight is 371 g/mol. The van der Waals surface area contributed by atoms with Crippen LogP contribution in [0.5, 0.6) is 0 Å². The molecule has 1 N–H and O–H groups in total. The van der Waals surface area contributed by atoms with E-state index in [9.17, 15) is 36.9 Å². The Morgan fingerprint density at radius 1 is 1.44 bits per heavy atom. The number of hydrogen-bond donors (Lipinski definition) is 1. The molecule has 1 aliphatic heterocycles. The fraction of sp³-hybridized carbons (Fsp3) is 0.667. The van der Waals surface area contributed by atoms with Crippen LogP contribution < -0.4 is 10.2 Å². The molecule has 2 heterocycles. The summed E-state index contributed by atoms with van der Waals surface area (Å²) in [5, 5.41) is 16.0. The van der Waals surface area contributed by atoms with Gasteiger partial charge < -0.3 is 10.2 Å². The predicted molar refractivity (Wildman–Crippen MR) is 74.2 cm³/mol. The number of nitrogens with one attached hydrogen (secondary N) is 1. The molecule has 1 aliphatic rings. The van der Waals surface area contributed by atoms with E-state index in [0.29, 0.717) is 0 Å². The number of nitrogens with zero attached hydrogens (tertiary/aromatic N) is 4. The molecule has 0 aliphatic carbocycles. The van der Waals surface area contributed by atoms with Crippen molar-refractivity contribution in [2.24, 2.45) is 7.05 Å². The molecule has 2 rings (SSSR count). The van der Waals surface area contributed by atoms with E-state index in [1.54, 1.807) is 0 Å². The predicted octanol–water partition coefficient (Wildman–Crippen LogP) is 1.61. The van der Waals surface area contributed by atoms with Crippen molar-refractivity contribution in [3.05, 3.63) is 16.3 Å². The van der Waals surface area contributed by atoms with Gasteiger partial charge in [0, 0.05) is 26.6 Å². The van der Waals surface area contributed by atoms with Gasteiger partial charge in [-0.15, -0.1) is 0 Å². The second-order valence-electron chi connectivity index (χ2n) is 5.54. The lowest BCUT2D eigenvalue weighted by Crippen LogP contribution is -2.51. The zero-order chi connectivity index (χ0) is 19.0. The van der Waals surface area contributed by atoms with Crippen molar-refractivity contribution in [3.8, 4) is 0 Å². The van der Waals surface area contributed by atoms with Crippen LogP contribution in [0.15, 0.2) is 6.20 Å². The number of rotatable bonds is 3. The van der Waals surface area contributed by atoms with Gasteiger partial charge in [0.2, 0.25) is 5.82 Å². The highest BCUT2D eigenvalue weighted by atomic mass is 19.4. The van der Waals surface area contributed by atoms with Crippen LogP contribution in [0.25, 0.3) is 0 Å². The smallest absolute Gasteiger partial charge is 0.351 e. The van der Waals surface area contributed by atoms with Crippen molar-refractivity contribution in [2.45, 2.75) is 31.0 Å². The first-order valence-electron chi connectivity index (χ1n) is 7.10. The lowest BCUT2D eigenvalue weighted by Gasteiger charge is -2.25. The molecular weight excluding hydrogens is 357 g/mol. The Balaban J connectivity index is 2.21. The number of amides is 1. The summed E-state index contributed by atoms with van der Waals surface area (Å²) in [6, 6.07) is -2.03. The maximum absolute atomic E-state index is 14.1. The first-order valence-corrected chi connectivity index (χ1v) is 7.10. The number of nitro groups is 1. The fourth-order valence-electron chi connectivity index (χ4n) is 2.61. The van der Waals surface area contributed by atoms with E-state index < -0.39 is 47.5 Å². The standard InChI is InChI=1S/C12H14F5N5O3/c1-20-9(7(6-18-20)22(24)25)21-4-2-8(11(13,14)3-5-21)19-10(23)12(15,16)17/h6,8H,2-5H2,1H3,(H,19,23). The maximum atomic E-state index is 14.1. The van der Waals surface area contributed by atoms with Crippen LogP contribution in [-0.4, -0.2) is 51.8 Å². The van der Waals surface area contributed by atoms with Crippen molar-refractivity contribution in [1.82, 2.24) is 15.1 Å². The molecule has 1 saturated heterocycles. The highest BCUT2D eigenvalue weighted by molar-refractivity contribution is 5.82. The van der Waals surface area contributed by atoms with E-state index in [1.165, 1.54) is 17.3 Å². The first kappa shape index (κ1) is 18.9. The number of carbonyl (C=O) groups is 1. The molecule has 0 bridgehead atoms. The number of aryl methyl sites for hydroxylation is 1. The minimum Gasteiger partial charge on any atom is -0.351 e. The van der Waals surface area contributed by atoms with Gasteiger partial charge in [-0.25, -0.2) is 13.5 Å². The normalized spacial score (nSPS) is 20.9. The van der Waals surface area contributed by atoms with E-state index in [0.717, 1.165) is 10.9 Å². The second kappa shape index (κ2) is 6.44. The summed E-state index contributed by atoms with van der Waals surface area (Å²) in [4.78, 5) is 22.5. The molecule has 1 atom stereocenters. The minimum atomic E-state index is -5.27. The van der Waals surface area contributed by atoms with Crippen LogP contribution in [0, 0.1) is 10.1 Å². The number of alkyl halides is 5. The molecule has 8 nitrogen and oxygen atoms in total. The molecule has 0 radical (unpaired) electrons. The van der Waals surface area contributed by atoms with Gasteiger partial charge >= 0.3 is 17.8 Å². The topological polar surface area (TPSA) is 93.3 Å². The van der Waals surface area contributed by atoms with Gasteiger partial charge in [0.15, 0.2) is 0 Å². The second-order valence-corrected chi connectivity index (χ2v) is 5.54. The SMILES string of the molecule is Cn1ncc([N+](=O)[O-])c1N1CCC(NC(=O)C(F)(F)F)C(F)(F)CC1. The fourth-order valence-corrected chi connectivity index (χ4v) is 2.61. The molecule has 13 heteroatoms. The van der Waals surface area contributed by atoms with E-state index in [4.69, 9.17) is 0 Å². The van der Waals surface area contributed by atoms with Gasteiger partial charge in [-0.3, -0.25) is 14.9 Å². The summed E-state index contributed by atoms with van der Waals surface area (Å²) in [6.07, 6.45) is -5.71. The van der Waals surface area contributed by atoms with Gasteiger partial charge in [0.05, 0.1) is 11.0 Å². The van der Waals surface area contributed by atoms with E-state index in [-0.39, 0.29) is 18.9 Å². The summed E-state index contributed by atoms with van der Waals surface area (Å²) in [7, 11) is 1.38. The Kier molecular flexibility index (Phi) is 4.86. The van der Waals surface area contributed by atoms with Gasteiger partial charge in [-0.2, -0.15) is 18.3 Å². The number of carbonyl (C=O) groups excluding carboxylic acids is 1. The zero-order valence-corrected chi connectivity index (χ0v) is 12.9. The minimum absolute atomic E-state index is 0.0244. The third kappa shape index (κ3) is 3.96. The Bertz CT molecular complexity index is 675. The van der Waals surface area contributed by atoms with E-state index >= 15 is 0 Å². The monoisotopic (exact) mass is 371 g/mol. The lowest BCUT2D eigenvalue weighted by molar-refractivity contribution is -0.384. The number of hydrogen-bond acceptors (Lipinski definition) is 5. The molecule has 1 unspecified atom stereocenters. The largest absolute Gasteiger partial charge is 0.471 e. The van der Waals surface area contributed by atoms with Crippen molar-refractivity contribution in [2.75, 3.05) is 18.0 Å². The molecule has 25 heavy (non-hydrogen) atoms. The van der Waals surface area contributed by atoms with Crippen LogP contribution in [0.3, 0.4) is 0 Å². The van der Waals surface area contributed by atoms with Crippen molar-refractivity contribution in [3.63, 3.8) is 0 Å².